The Labute approximate surface area is 159 Å². The average molecular weight is 390 g/mol. The van der Waals surface area contributed by atoms with Crippen LogP contribution in [0.3, 0.4) is 0 Å². The number of rotatable bonds is 5. The molecule has 0 atom stereocenters. The highest BCUT2D eigenvalue weighted by Gasteiger charge is 2.14. The molecule has 4 nitrogen and oxygen atoms in total. The van der Waals surface area contributed by atoms with Crippen LogP contribution in [0.15, 0.2) is 54.6 Å². The number of carbonyl (C=O) groups is 1. The van der Waals surface area contributed by atoms with Crippen molar-refractivity contribution in [2.75, 3.05) is 0 Å². The number of benzene rings is 2. The van der Waals surface area contributed by atoms with Crippen molar-refractivity contribution in [1.29, 1.82) is 0 Å². The maximum atomic E-state index is 12.2. The first-order valence-electron chi connectivity index (χ1n) is 7.41. The molecule has 126 valence electrons. The number of carbonyl (C=O) groups excluding carboxylic acids is 1. The molecule has 0 spiro atoms. The number of amides is 1. The minimum absolute atomic E-state index is 0.261. The largest absolute Gasteiger partial charge is 0.346 e. The molecule has 0 saturated carbocycles. The van der Waals surface area contributed by atoms with Gasteiger partial charge in [0, 0.05) is 11.6 Å². The van der Waals surface area contributed by atoms with Gasteiger partial charge in [0.05, 0.1) is 5.03 Å². The summed E-state index contributed by atoms with van der Waals surface area (Å²) in [5.41, 5.74) is 1.79. The Kier molecular flexibility index (Phi) is 5.81. The molecule has 0 fully saturated rings. The molecule has 1 aromatic heterocycles. The van der Waals surface area contributed by atoms with Gasteiger partial charge in [0.25, 0.3) is 5.91 Å². The lowest BCUT2D eigenvalue weighted by molar-refractivity contribution is 0.0950. The third-order valence-corrected chi connectivity index (χ3v) is 5.01. The van der Waals surface area contributed by atoms with Crippen molar-refractivity contribution in [2.24, 2.45) is 0 Å². The van der Waals surface area contributed by atoms with E-state index in [1.165, 1.54) is 0 Å². The van der Waals surface area contributed by atoms with Gasteiger partial charge in [-0.2, -0.15) is 0 Å². The van der Waals surface area contributed by atoms with E-state index in [1.807, 2.05) is 48.5 Å². The van der Waals surface area contributed by atoms with E-state index >= 15 is 0 Å². The second-order valence-electron chi connectivity index (χ2n) is 5.09. The average Bonchev–Trinajstić information content (AvgIpc) is 3.13. The van der Waals surface area contributed by atoms with E-state index in [-0.39, 0.29) is 10.9 Å². The predicted molar refractivity (Wildman–Crippen MR) is 103 cm³/mol. The zero-order valence-electron chi connectivity index (χ0n) is 12.9. The van der Waals surface area contributed by atoms with Gasteiger partial charge in [0.2, 0.25) is 5.01 Å². The van der Waals surface area contributed by atoms with Crippen LogP contribution in [-0.4, -0.2) is 16.1 Å². The first kappa shape index (κ1) is 17.6. The molecule has 1 heterocycles. The summed E-state index contributed by atoms with van der Waals surface area (Å²) in [7, 11) is 0. The van der Waals surface area contributed by atoms with Crippen LogP contribution in [0.1, 0.15) is 25.9 Å². The Balaban J connectivity index is 1.69. The van der Waals surface area contributed by atoms with Crippen LogP contribution in [0.4, 0.5) is 0 Å². The van der Waals surface area contributed by atoms with Gasteiger partial charge < -0.3 is 5.32 Å². The Morgan fingerprint density at radius 3 is 2.48 bits per heavy atom. The highest BCUT2D eigenvalue weighted by Crippen LogP contribution is 2.27. The van der Waals surface area contributed by atoms with Gasteiger partial charge in [0.15, 0.2) is 5.01 Å². The fourth-order valence-corrected chi connectivity index (χ4v) is 3.18. The van der Waals surface area contributed by atoms with E-state index in [0.29, 0.717) is 21.6 Å². The zero-order chi connectivity index (χ0) is 17.6. The van der Waals surface area contributed by atoms with Crippen molar-refractivity contribution in [3.63, 3.8) is 0 Å². The van der Waals surface area contributed by atoms with Gasteiger partial charge in [-0.3, -0.25) is 4.79 Å². The number of aromatic nitrogens is 2. The van der Waals surface area contributed by atoms with Gasteiger partial charge in [-0.15, -0.1) is 10.2 Å². The first-order valence-corrected chi connectivity index (χ1v) is 8.98. The molecular formula is C18H13Cl2N3OS. The van der Waals surface area contributed by atoms with Crippen molar-refractivity contribution in [3.05, 3.63) is 80.8 Å². The van der Waals surface area contributed by atoms with Gasteiger partial charge in [-0.25, -0.2) is 0 Å². The summed E-state index contributed by atoms with van der Waals surface area (Å²) < 4.78 is 0. The van der Waals surface area contributed by atoms with Gasteiger partial charge >= 0.3 is 0 Å². The predicted octanol–water partition coefficient (Wildman–Crippen LogP) is 4.86. The standard InChI is InChI=1S/C18H13Cl2N3OS/c19-14-9-5-4-8-13(14)10-15(20)17-22-23-18(25-17)16(24)21-11-12-6-2-1-3-7-12/h1-10H,11H2,(H,21,24). The Morgan fingerprint density at radius 2 is 1.72 bits per heavy atom. The summed E-state index contributed by atoms with van der Waals surface area (Å²) in [5.74, 6) is -0.283. The molecule has 3 rings (SSSR count). The highest BCUT2D eigenvalue weighted by atomic mass is 35.5. The minimum Gasteiger partial charge on any atom is -0.346 e. The number of hydrogen-bond acceptors (Lipinski definition) is 4. The second kappa shape index (κ2) is 8.25. The molecule has 0 aliphatic rings. The van der Waals surface area contributed by atoms with E-state index in [0.717, 1.165) is 22.5 Å². The van der Waals surface area contributed by atoms with Crippen LogP contribution in [0.25, 0.3) is 11.1 Å². The highest BCUT2D eigenvalue weighted by molar-refractivity contribution is 7.15. The summed E-state index contributed by atoms with van der Waals surface area (Å²) in [4.78, 5) is 12.2. The van der Waals surface area contributed by atoms with Crippen molar-refractivity contribution in [3.8, 4) is 0 Å². The monoisotopic (exact) mass is 389 g/mol. The lowest BCUT2D eigenvalue weighted by Crippen LogP contribution is -2.22. The van der Waals surface area contributed by atoms with Crippen molar-refractivity contribution in [2.45, 2.75) is 6.54 Å². The van der Waals surface area contributed by atoms with E-state index in [2.05, 4.69) is 15.5 Å². The molecule has 0 radical (unpaired) electrons. The summed E-state index contributed by atoms with van der Waals surface area (Å²) in [6.07, 6.45) is 1.70. The van der Waals surface area contributed by atoms with Gasteiger partial charge in [-0.05, 0) is 23.3 Å². The lowest BCUT2D eigenvalue weighted by atomic mass is 10.2. The van der Waals surface area contributed by atoms with Crippen LogP contribution in [0, 0.1) is 0 Å². The number of nitrogens with zero attached hydrogens (tertiary/aromatic N) is 2. The van der Waals surface area contributed by atoms with Crippen LogP contribution >= 0.6 is 34.5 Å². The molecule has 1 N–H and O–H groups in total. The first-order chi connectivity index (χ1) is 12.1. The molecule has 0 aliphatic carbocycles. The second-order valence-corrected chi connectivity index (χ2v) is 6.89. The number of nitrogens with one attached hydrogen (secondary N) is 1. The number of hydrogen-bond donors (Lipinski definition) is 1. The smallest absolute Gasteiger partial charge is 0.282 e. The summed E-state index contributed by atoms with van der Waals surface area (Å²) in [5, 5.41) is 12.4. The Bertz CT molecular complexity index is 909. The molecule has 25 heavy (non-hydrogen) atoms. The van der Waals surface area contributed by atoms with E-state index in [4.69, 9.17) is 23.2 Å². The molecule has 7 heteroatoms. The fraction of sp³-hybridized carbons (Fsp3) is 0.0556. The van der Waals surface area contributed by atoms with Crippen LogP contribution in [-0.2, 0) is 6.54 Å². The van der Waals surface area contributed by atoms with Gasteiger partial charge in [0.1, 0.15) is 0 Å². The molecule has 0 bridgehead atoms. The quantitative estimate of drug-likeness (QED) is 0.677. The zero-order valence-corrected chi connectivity index (χ0v) is 15.3. The van der Waals surface area contributed by atoms with Crippen LogP contribution in [0.5, 0.6) is 0 Å². The molecule has 3 aromatic rings. The third-order valence-electron chi connectivity index (χ3n) is 3.31. The Morgan fingerprint density at radius 1 is 1.04 bits per heavy atom. The minimum atomic E-state index is -0.283. The topological polar surface area (TPSA) is 54.9 Å². The van der Waals surface area contributed by atoms with Crippen molar-refractivity contribution in [1.82, 2.24) is 15.5 Å². The SMILES string of the molecule is O=C(NCc1ccccc1)c1nnc(C(Cl)=Cc2ccccc2Cl)s1. The molecular weight excluding hydrogens is 377 g/mol. The molecule has 1 amide bonds. The molecule has 0 aliphatic heterocycles. The summed E-state index contributed by atoms with van der Waals surface area (Å²) >= 11 is 13.5. The Hall–Kier alpha value is -2.21. The van der Waals surface area contributed by atoms with E-state index in [9.17, 15) is 4.79 Å². The fourth-order valence-electron chi connectivity index (χ4n) is 2.06. The van der Waals surface area contributed by atoms with Gasteiger partial charge in [-0.1, -0.05) is 83.1 Å². The molecule has 0 saturated heterocycles. The van der Waals surface area contributed by atoms with E-state index in [1.54, 1.807) is 12.1 Å². The normalized spacial score (nSPS) is 11.4. The van der Waals surface area contributed by atoms with E-state index < -0.39 is 0 Å². The maximum Gasteiger partial charge on any atom is 0.282 e. The summed E-state index contributed by atoms with van der Waals surface area (Å²) in [6.45, 7) is 0.428. The van der Waals surface area contributed by atoms with Crippen molar-refractivity contribution >= 4 is 51.6 Å². The molecule has 0 unspecified atom stereocenters. The lowest BCUT2D eigenvalue weighted by Gasteiger charge is -2.02. The van der Waals surface area contributed by atoms with Crippen LogP contribution in [0.2, 0.25) is 5.02 Å². The number of halogens is 2. The van der Waals surface area contributed by atoms with Crippen LogP contribution < -0.4 is 5.32 Å². The third kappa shape index (κ3) is 4.66. The maximum absolute atomic E-state index is 12.2. The molecule has 2 aromatic carbocycles. The summed E-state index contributed by atoms with van der Waals surface area (Å²) in [6, 6.07) is 17.0. The van der Waals surface area contributed by atoms with Crippen molar-refractivity contribution < 1.29 is 4.79 Å².